The summed E-state index contributed by atoms with van der Waals surface area (Å²) in [6.07, 6.45) is 7.52. The van der Waals surface area contributed by atoms with Crippen molar-refractivity contribution in [1.29, 1.82) is 0 Å². The minimum absolute atomic E-state index is 0.530. The molecule has 0 unspecified atom stereocenters. The van der Waals surface area contributed by atoms with Crippen LogP contribution in [0.2, 0.25) is 0 Å². The van der Waals surface area contributed by atoms with Crippen LogP contribution in [0.1, 0.15) is 19.3 Å². The van der Waals surface area contributed by atoms with Crippen molar-refractivity contribution < 1.29 is 4.74 Å². The summed E-state index contributed by atoms with van der Waals surface area (Å²) in [4.78, 5) is 10.9. The predicted octanol–water partition coefficient (Wildman–Crippen LogP) is 1.23. The van der Waals surface area contributed by atoms with Crippen molar-refractivity contribution in [2.45, 2.75) is 25.8 Å². The van der Waals surface area contributed by atoms with Gasteiger partial charge in [0.1, 0.15) is 5.69 Å². The van der Waals surface area contributed by atoms with Crippen LogP contribution in [-0.2, 0) is 6.54 Å². The molecule has 0 radical (unpaired) electrons. The van der Waals surface area contributed by atoms with Crippen LogP contribution in [0, 0.1) is 0 Å². The molecule has 0 N–H and O–H groups in total. The van der Waals surface area contributed by atoms with E-state index in [1.54, 1.807) is 19.4 Å². The minimum atomic E-state index is 0.530. The molecule has 3 rings (SSSR count). The van der Waals surface area contributed by atoms with E-state index in [4.69, 9.17) is 4.74 Å². The van der Waals surface area contributed by atoms with E-state index in [-0.39, 0.29) is 0 Å². The summed E-state index contributed by atoms with van der Waals surface area (Å²) in [6.45, 7) is 4.25. The number of nitrogens with zero attached hydrogens (tertiary/aromatic N) is 6. The summed E-state index contributed by atoms with van der Waals surface area (Å²) in [5.41, 5.74) is 0.674. The van der Waals surface area contributed by atoms with E-state index in [2.05, 4.69) is 25.2 Å². The molecule has 3 heterocycles. The summed E-state index contributed by atoms with van der Waals surface area (Å²) in [6, 6.07) is 1.71. The van der Waals surface area contributed by atoms with Gasteiger partial charge in [-0.05, 0) is 25.9 Å². The van der Waals surface area contributed by atoms with Crippen molar-refractivity contribution >= 4 is 0 Å². The molecule has 1 saturated heterocycles. The second-order valence-electron chi connectivity index (χ2n) is 5.19. The maximum atomic E-state index is 5.10. The third kappa shape index (κ3) is 3.55. The van der Waals surface area contributed by atoms with E-state index in [1.807, 2.05) is 10.9 Å². The molecule has 112 valence electrons. The lowest BCUT2D eigenvalue weighted by Crippen LogP contribution is -2.32. The van der Waals surface area contributed by atoms with E-state index < -0.39 is 0 Å². The highest BCUT2D eigenvalue weighted by Gasteiger charge is 2.11. The van der Waals surface area contributed by atoms with Crippen molar-refractivity contribution in [1.82, 2.24) is 29.9 Å². The van der Waals surface area contributed by atoms with Crippen LogP contribution in [0.15, 0.2) is 18.5 Å². The topological polar surface area (TPSA) is 69.0 Å². The molecule has 1 aliphatic heterocycles. The zero-order chi connectivity index (χ0) is 14.5. The van der Waals surface area contributed by atoms with Crippen LogP contribution in [0.3, 0.4) is 0 Å². The Morgan fingerprint density at radius 2 is 2.05 bits per heavy atom. The molecule has 1 fully saturated rings. The number of rotatable bonds is 5. The Morgan fingerprint density at radius 3 is 2.86 bits per heavy atom. The average molecular weight is 288 g/mol. The van der Waals surface area contributed by atoms with E-state index in [9.17, 15) is 0 Å². The van der Waals surface area contributed by atoms with Crippen molar-refractivity contribution in [2.75, 3.05) is 26.7 Å². The van der Waals surface area contributed by atoms with Gasteiger partial charge in [-0.2, -0.15) is 4.98 Å². The summed E-state index contributed by atoms with van der Waals surface area (Å²) < 4.78 is 6.95. The van der Waals surface area contributed by atoms with Crippen LogP contribution in [0.4, 0.5) is 0 Å². The number of hydrogen-bond acceptors (Lipinski definition) is 6. The Kier molecular flexibility index (Phi) is 4.40. The van der Waals surface area contributed by atoms with Gasteiger partial charge in [-0.15, -0.1) is 5.10 Å². The van der Waals surface area contributed by atoms with Crippen molar-refractivity contribution in [2.24, 2.45) is 0 Å². The summed E-state index contributed by atoms with van der Waals surface area (Å²) in [5, 5.41) is 8.29. The van der Waals surface area contributed by atoms with Gasteiger partial charge < -0.3 is 9.64 Å². The number of aromatic nitrogens is 5. The van der Waals surface area contributed by atoms with E-state index in [0.29, 0.717) is 17.4 Å². The molecule has 0 bridgehead atoms. The fourth-order valence-corrected chi connectivity index (χ4v) is 2.52. The van der Waals surface area contributed by atoms with Gasteiger partial charge >= 0.3 is 0 Å². The lowest BCUT2D eigenvalue weighted by Gasteiger charge is -2.25. The average Bonchev–Trinajstić information content (AvgIpc) is 3.03. The molecular formula is C14H20N6O. The van der Waals surface area contributed by atoms with Gasteiger partial charge in [0.05, 0.1) is 19.9 Å². The Hall–Kier alpha value is -2.02. The summed E-state index contributed by atoms with van der Waals surface area (Å²) >= 11 is 0. The van der Waals surface area contributed by atoms with Crippen LogP contribution < -0.4 is 4.74 Å². The fraction of sp³-hybridized carbons (Fsp3) is 0.571. The highest BCUT2D eigenvalue weighted by atomic mass is 16.5. The van der Waals surface area contributed by atoms with Crippen molar-refractivity contribution in [3.8, 4) is 17.4 Å². The molecule has 0 aliphatic carbocycles. The molecule has 7 nitrogen and oxygen atoms in total. The fourth-order valence-electron chi connectivity index (χ4n) is 2.52. The normalized spacial score (nSPS) is 16.0. The Morgan fingerprint density at radius 1 is 1.19 bits per heavy atom. The lowest BCUT2D eigenvalue weighted by molar-refractivity contribution is 0.217. The van der Waals surface area contributed by atoms with Gasteiger partial charge in [-0.1, -0.05) is 11.6 Å². The number of likely N-dealkylation sites (tertiary alicyclic amines) is 1. The highest BCUT2D eigenvalue weighted by Crippen LogP contribution is 2.14. The van der Waals surface area contributed by atoms with E-state index >= 15 is 0 Å². The van der Waals surface area contributed by atoms with Crippen molar-refractivity contribution in [3.05, 3.63) is 18.5 Å². The molecule has 21 heavy (non-hydrogen) atoms. The number of ether oxygens (including phenoxy) is 1. The van der Waals surface area contributed by atoms with Crippen LogP contribution in [-0.4, -0.2) is 56.6 Å². The standard InChI is InChI=1S/C14H20N6O/c1-21-13-5-6-15-14(16-13)12-11-20(18-17-12)10-9-19-7-3-2-4-8-19/h5-6,11H,2-4,7-10H2,1H3. The van der Waals surface area contributed by atoms with Gasteiger partial charge in [0.15, 0.2) is 5.82 Å². The molecule has 7 heteroatoms. The van der Waals surface area contributed by atoms with Gasteiger partial charge in [-0.25, -0.2) is 4.98 Å². The SMILES string of the molecule is COc1ccnc(-c2cn(CCN3CCCCC3)nn2)n1. The van der Waals surface area contributed by atoms with Gasteiger partial charge in [0.25, 0.3) is 0 Å². The third-order valence-electron chi connectivity index (χ3n) is 3.70. The summed E-state index contributed by atoms with van der Waals surface area (Å²) in [7, 11) is 1.58. The first-order chi connectivity index (χ1) is 10.3. The molecule has 0 spiro atoms. The largest absolute Gasteiger partial charge is 0.481 e. The third-order valence-corrected chi connectivity index (χ3v) is 3.70. The first kappa shape index (κ1) is 13.9. The molecule has 0 amide bonds. The maximum absolute atomic E-state index is 5.10. The smallest absolute Gasteiger partial charge is 0.216 e. The zero-order valence-corrected chi connectivity index (χ0v) is 12.3. The second kappa shape index (κ2) is 6.62. The number of methoxy groups -OCH3 is 1. The minimum Gasteiger partial charge on any atom is -0.481 e. The van der Waals surface area contributed by atoms with Gasteiger partial charge in [-0.3, -0.25) is 4.68 Å². The van der Waals surface area contributed by atoms with Gasteiger partial charge in [0, 0.05) is 18.8 Å². The zero-order valence-electron chi connectivity index (χ0n) is 12.3. The molecule has 2 aromatic rings. The molecule has 1 aliphatic rings. The van der Waals surface area contributed by atoms with E-state index in [1.165, 1.54) is 32.4 Å². The van der Waals surface area contributed by atoms with Crippen molar-refractivity contribution in [3.63, 3.8) is 0 Å². The highest BCUT2D eigenvalue weighted by molar-refractivity contribution is 5.46. The summed E-state index contributed by atoms with van der Waals surface area (Å²) in [5.74, 6) is 1.07. The molecule has 2 aromatic heterocycles. The molecular weight excluding hydrogens is 268 g/mol. The monoisotopic (exact) mass is 288 g/mol. The second-order valence-corrected chi connectivity index (χ2v) is 5.19. The molecule has 0 saturated carbocycles. The lowest BCUT2D eigenvalue weighted by atomic mass is 10.1. The predicted molar refractivity (Wildman–Crippen MR) is 77.9 cm³/mol. The maximum Gasteiger partial charge on any atom is 0.216 e. The number of piperidine rings is 1. The van der Waals surface area contributed by atoms with Crippen LogP contribution in [0.25, 0.3) is 11.5 Å². The first-order valence-corrected chi connectivity index (χ1v) is 7.35. The quantitative estimate of drug-likeness (QED) is 0.824. The molecule has 0 aromatic carbocycles. The Bertz CT molecular complexity index is 578. The van der Waals surface area contributed by atoms with Gasteiger partial charge in [0.2, 0.25) is 5.88 Å². The van der Waals surface area contributed by atoms with Crippen LogP contribution >= 0.6 is 0 Å². The molecule has 0 atom stereocenters. The number of hydrogen-bond donors (Lipinski definition) is 0. The van der Waals surface area contributed by atoms with E-state index in [0.717, 1.165) is 13.1 Å². The first-order valence-electron chi connectivity index (χ1n) is 7.35. The Balaban J connectivity index is 1.62. The Labute approximate surface area is 124 Å². The van der Waals surface area contributed by atoms with Crippen LogP contribution in [0.5, 0.6) is 5.88 Å².